The highest BCUT2D eigenvalue weighted by molar-refractivity contribution is 6.30. The van der Waals surface area contributed by atoms with Crippen molar-refractivity contribution in [3.05, 3.63) is 70.3 Å². The monoisotopic (exact) mass is 509 g/mol. The number of carbonyl (C=O) groups is 1. The Kier molecular flexibility index (Phi) is 7.76. The number of nitrogens with zero attached hydrogens (tertiary/aromatic N) is 4. The van der Waals surface area contributed by atoms with Crippen LogP contribution in [0.1, 0.15) is 62.4 Å². The predicted molar refractivity (Wildman–Crippen MR) is 140 cm³/mol. The molecule has 0 unspecified atom stereocenters. The molecule has 2 aromatic carbocycles. The quantitative estimate of drug-likeness (QED) is 0.445. The predicted octanol–water partition coefficient (Wildman–Crippen LogP) is 4.84. The lowest BCUT2D eigenvalue weighted by atomic mass is 10.00. The van der Waals surface area contributed by atoms with Crippen LogP contribution in [0.15, 0.2) is 47.5 Å². The van der Waals surface area contributed by atoms with Crippen molar-refractivity contribution >= 4 is 23.2 Å². The second-order valence-electron chi connectivity index (χ2n) is 9.32. The summed E-state index contributed by atoms with van der Waals surface area (Å²) in [7, 11) is 1.63. The fourth-order valence-corrected chi connectivity index (χ4v) is 4.52. The number of carbonyl (C=O) groups excluding carboxylic acids is 1. The molecule has 1 aliphatic heterocycles. The van der Waals surface area contributed by atoms with Crippen molar-refractivity contribution in [1.29, 1.82) is 0 Å². The Balaban J connectivity index is 1.71. The number of halogens is 1. The third kappa shape index (κ3) is 5.60. The standard InChI is InChI=1S/C27H32ClN5O3/c1-6-36-27(3,4)13-14-29-24(34)16-22-26-32-31-17(2)33(26)23-12-11-20(35-5)15-21(23)25(30-22)18-7-9-19(28)10-8-18/h7-12,15,22H,6,13-14,16H2,1-5H3,(H,29,34)/t22-/m0/s1. The minimum atomic E-state index is -0.532. The van der Waals surface area contributed by atoms with E-state index in [2.05, 4.69) is 15.5 Å². The molecule has 0 radical (unpaired) electrons. The van der Waals surface area contributed by atoms with Crippen LogP contribution >= 0.6 is 11.6 Å². The van der Waals surface area contributed by atoms with E-state index in [4.69, 9.17) is 26.1 Å². The molecular weight excluding hydrogens is 478 g/mol. The van der Waals surface area contributed by atoms with E-state index < -0.39 is 6.04 Å². The first kappa shape index (κ1) is 25.9. The van der Waals surface area contributed by atoms with Gasteiger partial charge in [-0.05, 0) is 64.4 Å². The van der Waals surface area contributed by atoms with E-state index in [1.807, 2.05) is 74.7 Å². The molecule has 9 heteroatoms. The summed E-state index contributed by atoms with van der Waals surface area (Å²) >= 11 is 6.16. The Morgan fingerprint density at radius 1 is 1.17 bits per heavy atom. The molecule has 1 amide bonds. The zero-order valence-electron chi connectivity index (χ0n) is 21.3. The summed E-state index contributed by atoms with van der Waals surface area (Å²) in [5.41, 5.74) is 3.06. The molecule has 0 fully saturated rings. The smallest absolute Gasteiger partial charge is 0.222 e. The fraction of sp³-hybridized carbons (Fsp3) is 0.407. The zero-order chi connectivity index (χ0) is 25.9. The summed E-state index contributed by atoms with van der Waals surface area (Å²) in [6.45, 7) is 9.04. The van der Waals surface area contributed by atoms with Gasteiger partial charge < -0.3 is 14.8 Å². The maximum atomic E-state index is 13.0. The number of benzene rings is 2. The topological polar surface area (TPSA) is 90.6 Å². The maximum absolute atomic E-state index is 13.0. The Morgan fingerprint density at radius 2 is 1.92 bits per heavy atom. The lowest BCUT2D eigenvalue weighted by Crippen LogP contribution is -2.33. The Bertz CT molecular complexity index is 1270. The average Bonchev–Trinajstić information content (AvgIpc) is 3.16. The van der Waals surface area contributed by atoms with Crippen LogP contribution in [0, 0.1) is 6.92 Å². The minimum absolute atomic E-state index is 0.109. The van der Waals surface area contributed by atoms with E-state index >= 15 is 0 Å². The highest BCUT2D eigenvalue weighted by Gasteiger charge is 2.30. The Labute approximate surface area is 216 Å². The van der Waals surface area contributed by atoms with Gasteiger partial charge in [0.1, 0.15) is 17.6 Å². The number of amides is 1. The second-order valence-corrected chi connectivity index (χ2v) is 9.76. The molecule has 0 bridgehead atoms. The molecule has 4 rings (SSSR count). The average molecular weight is 510 g/mol. The normalized spacial score (nSPS) is 14.9. The highest BCUT2D eigenvalue weighted by atomic mass is 35.5. The van der Waals surface area contributed by atoms with E-state index in [0.29, 0.717) is 42.0 Å². The van der Waals surface area contributed by atoms with Gasteiger partial charge in [-0.2, -0.15) is 0 Å². The van der Waals surface area contributed by atoms with Crippen molar-refractivity contribution < 1.29 is 14.3 Å². The lowest BCUT2D eigenvalue weighted by molar-refractivity contribution is -0.121. The number of rotatable bonds is 9. The third-order valence-electron chi connectivity index (χ3n) is 6.21. The number of hydrogen-bond acceptors (Lipinski definition) is 6. The first-order chi connectivity index (χ1) is 17.2. The molecule has 1 N–H and O–H groups in total. The highest BCUT2D eigenvalue weighted by Crippen LogP contribution is 2.34. The molecule has 2 heterocycles. The first-order valence-electron chi connectivity index (χ1n) is 12.1. The van der Waals surface area contributed by atoms with Crippen molar-refractivity contribution in [1.82, 2.24) is 20.1 Å². The van der Waals surface area contributed by atoms with Crippen molar-refractivity contribution in [2.24, 2.45) is 4.99 Å². The summed E-state index contributed by atoms with van der Waals surface area (Å²) in [5, 5.41) is 12.4. The van der Waals surface area contributed by atoms with Crippen LogP contribution in [0.2, 0.25) is 5.02 Å². The van der Waals surface area contributed by atoms with Gasteiger partial charge in [-0.25, -0.2) is 0 Å². The SMILES string of the molecule is CCOC(C)(C)CCNC(=O)C[C@@H]1N=C(c2ccc(Cl)cc2)c2cc(OC)ccc2-n2c(C)nnc21. The van der Waals surface area contributed by atoms with Crippen molar-refractivity contribution in [2.45, 2.75) is 52.2 Å². The molecule has 190 valence electrons. The minimum Gasteiger partial charge on any atom is -0.497 e. The van der Waals surface area contributed by atoms with Gasteiger partial charge in [-0.3, -0.25) is 14.4 Å². The van der Waals surface area contributed by atoms with Gasteiger partial charge in [0, 0.05) is 29.3 Å². The van der Waals surface area contributed by atoms with E-state index in [-0.39, 0.29) is 17.9 Å². The van der Waals surface area contributed by atoms with Gasteiger partial charge in [0.05, 0.1) is 30.5 Å². The lowest BCUT2D eigenvalue weighted by Gasteiger charge is -2.24. The molecule has 1 aliphatic rings. The van der Waals surface area contributed by atoms with Crippen molar-refractivity contribution in [2.75, 3.05) is 20.3 Å². The third-order valence-corrected chi connectivity index (χ3v) is 6.47. The summed E-state index contributed by atoms with van der Waals surface area (Å²) < 4.78 is 13.2. The molecule has 0 spiro atoms. The first-order valence-corrected chi connectivity index (χ1v) is 12.5. The summed E-state index contributed by atoms with van der Waals surface area (Å²) in [6, 6.07) is 12.8. The van der Waals surface area contributed by atoms with Gasteiger partial charge in [-0.1, -0.05) is 23.7 Å². The van der Waals surface area contributed by atoms with E-state index in [1.54, 1.807) is 7.11 Å². The number of hydrogen-bond donors (Lipinski definition) is 1. The van der Waals surface area contributed by atoms with Crippen LogP contribution in [0.4, 0.5) is 0 Å². The molecule has 0 saturated heterocycles. The van der Waals surface area contributed by atoms with Crippen molar-refractivity contribution in [3.8, 4) is 11.4 Å². The van der Waals surface area contributed by atoms with Crippen LogP contribution in [-0.4, -0.2) is 52.2 Å². The van der Waals surface area contributed by atoms with E-state index in [9.17, 15) is 4.79 Å². The maximum Gasteiger partial charge on any atom is 0.222 e. The number of aromatic nitrogens is 3. The van der Waals surface area contributed by atoms with Gasteiger partial charge in [0.25, 0.3) is 0 Å². The van der Waals surface area contributed by atoms with Crippen molar-refractivity contribution in [3.63, 3.8) is 0 Å². The van der Waals surface area contributed by atoms with Gasteiger partial charge >= 0.3 is 0 Å². The second kappa shape index (κ2) is 10.8. The molecule has 1 aromatic heterocycles. The van der Waals surface area contributed by atoms with Crippen LogP contribution in [0.3, 0.4) is 0 Å². The van der Waals surface area contributed by atoms with Crippen LogP contribution in [0.25, 0.3) is 5.69 Å². The molecular formula is C27H32ClN5O3. The van der Waals surface area contributed by atoms with Gasteiger partial charge in [0.2, 0.25) is 5.91 Å². The number of fused-ring (bicyclic) bond motifs is 3. The summed E-state index contributed by atoms with van der Waals surface area (Å²) in [5.74, 6) is 1.93. The number of methoxy groups -OCH3 is 1. The van der Waals surface area contributed by atoms with E-state index in [1.165, 1.54) is 0 Å². The van der Waals surface area contributed by atoms with E-state index in [0.717, 1.165) is 22.5 Å². The van der Waals surface area contributed by atoms with Crippen LogP contribution < -0.4 is 10.1 Å². The number of aryl methyl sites for hydroxylation is 1. The molecule has 36 heavy (non-hydrogen) atoms. The molecule has 1 atom stereocenters. The largest absolute Gasteiger partial charge is 0.497 e. The Hall–Kier alpha value is -3.23. The summed E-state index contributed by atoms with van der Waals surface area (Å²) in [4.78, 5) is 18.1. The molecule has 0 aliphatic carbocycles. The number of ether oxygens (including phenoxy) is 2. The van der Waals surface area contributed by atoms with Crippen LogP contribution in [-0.2, 0) is 9.53 Å². The number of aliphatic imine (C=N–C) groups is 1. The van der Waals surface area contributed by atoms with Crippen LogP contribution in [0.5, 0.6) is 5.75 Å². The van der Waals surface area contributed by atoms with Gasteiger partial charge in [-0.15, -0.1) is 10.2 Å². The molecule has 3 aromatic rings. The fourth-order valence-electron chi connectivity index (χ4n) is 4.39. The van der Waals surface area contributed by atoms with Gasteiger partial charge in [0.15, 0.2) is 5.82 Å². The Morgan fingerprint density at radius 3 is 2.61 bits per heavy atom. The molecule has 8 nitrogen and oxygen atoms in total. The summed E-state index contributed by atoms with van der Waals surface area (Å²) in [6.07, 6.45) is 0.840. The molecule has 0 saturated carbocycles. The zero-order valence-corrected chi connectivity index (χ0v) is 22.1. The number of nitrogens with one attached hydrogen (secondary N) is 1.